The molecule has 0 bridgehead atoms. The highest BCUT2D eigenvalue weighted by Gasteiger charge is 2.17. The maximum absolute atomic E-state index is 12.2. The number of halogens is 3. The molecule has 0 spiro atoms. The van der Waals surface area contributed by atoms with Crippen LogP contribution in [0.5, 0.6) is 11.5 Å². The molecule has 160 valence electrons. The minimum absolute atomic E-state index is 0.117. The summed E-state index contributed by atoms with van der Waals surface area (Å²) in [5.41, 5.74) is 5.52. The van der Waals surface area contributed by atoms with Crippen LogP contribution in [0.4, 0.5) is 0 Å². The van der Waals surface area contributed by atoms with E-state index < -0.39 is 17.9 Å². The molecule has 2 aromatic carbocycles. The van der Waals surface area contributed by atoms with Gasteiger partial charge in [0.1, 0.15) is 11.5 Å². The predicted octanol–water partition coefficient (Wildman–Crippen LogP) is 3.82. The van der Waals surface area contributed by atoms with Crippen molar-refractivity contribution in [1.82, 2.24) is 16.2 Å². The molecule has 0 heterocycles. The number of aryl methyl sites for hydroxylation is 1. The third-order valence-corrected chi connectivity index (χ3v) is 4.58. The van der Waals surface area contributed by atoms with Crippen LogP contribution in [-0.4, -0.2) is 29.6 Å². The monoisotopic (exact) mass is 489 g/mol. The molecule has 2 amide bonds. The van der Waals surface area contributed by atoms with Gasteiger partial charge in [0.25, 0.3) is 11.8 Å². The molecular weight excluding hydrogens is 473 g/mol. The van der Waals surface area contributed by atoms with Crippen molar-refractivity contribution in [3.05, 3.63) is 57.0 Å². The zero-order valence-corrected chi connectivity index (χ0v) is 19.0. The fourth-order valence-corrected chi connectivity index (χ4v) is 2.97. The summed E-state index contributed by atoms with van der Waals surface area (Å²) in [6.45, 7) is 3.06. The van der Waals surface area contributed by atoms with Crippen LogP contribution in [0.3, 0.4) is 0 Å². The van der Waals surface area contributed by atoms with Crippen LogP contribution in [0, 0.1) is 6.92 Å². The van der Waals surface area contributed by atoms with Crippen molar-refractivity contribution in [1.29, 1.82) is 0 Å². The van der Waals surface area contributed by atoms with Gasteiger partial charge in [-0.15, -0.1) is 0 Å². The quantitative estimate of drug-likeness (QED) is 0.421. The molecule has 0 aliphatic heterocycles. The Labute approximate surface area is 193 Å². The van der Waals surface area contributed by atoms with Crippen molar-refractivity contribution in [2.24, 2.45) is 0 Å². The van der Waals surface area contributed by atoms with E-state index in [0.29, 0.717) is 21.5 Å². The lowest BCUT2D eigenvalue weighted by Gasteiger charge is -2.17. The topological polar surface area (TPSA) is 88.7 Å². The Hall–Kier alpha value is -2.26. The van der Waals surface area contributed by atoms with E-state index in [1.54, 1.807) is 30.3 Å². The first-order valence-corrected chi connectivity index (χ1v) is 10.1. The first-order chi connectivity index (χ1) is 14.2. The second-order valence-corrected chi connectivity index (χ2v) is 7.71. The molecule has 0 aliphatic carbocycles. The SMILES string of the molecule is Cc1cc(Cl)ccc1OCC(=O)NNC(=S)NC(=O)C(C)Oc1ccc(Cl)cc1Cl. The second kappa shape index (κ2) is 11.2. The summed E-state index contributed by atoms with van der Waals surface area (Å²) in [6, 6.07) is 9.68. The van der Waals surface area contributed by atoms with Gasteiger partial charge >= 0.3 is 0 Å². The van der Waals surface area contributed by atoms with E-state index in [4.69, 9.17) is 56.5 Å². The third-order valence-electron chi connectivity index (χ3n) is 3.61. The third kappa shape index (κ3) is 7.53. The normalized spacial score (nSPS) is 11.2. The van der Waals surface area contributed by atoms with Gasteiger partial charge in [-0.3, -0.25) is 25.8 Å². The number of thiocarbonyl (C=S) groups is 1. The lowest BCUT2D eigenvalue weighted by Crippen LogP contribution is -2.51. The van der Waals surface area contributed by atoms with Gasteiger partial charge in [0, 0.05) is 10.0 Å². The highest BCUT2D eigenvalue weighted by atomic mass is 35.5. The van der Waals surface area contributed by atoms with Crippen LogP contribution in [0.15, 0.2) is 36.4 Å². The van der Waals surface area contributed by atoms with Gasteiger partial charge in [-0.05, 0) is 68.0 Å². The molecule has 0 aromatic heterocycles. The van der Waals surface area contributed by atoms with E-state index in [1.165, 1.54) is 13.0 Å². The lowest BCUT2D eigenvalue weighted by molar-refractivity contribution is -0.126. The average Bonchev–Trinajstić information content (AvgIpc) is 2.67. The molecular formula is C19H18Cl3N3O4S. The number of nitrogens with one attached hydrogen (secondary N) is 3. The fourth-order valence-electron chi connectivity index (χ4n) is 2.14. The van der Waals surface area contributed by atoms with Gasteiger partial charge in [0.2, 0.25) is 0 Å². The molecule has 30 heavy (non-hydrogen) atoms. The largest absolute Gasteiger partial charge is 0.483 e. The maximum atomic E-state index is 12.2. The van der Waals surface area contributed by atoms with Gasteiger partial charge in [0.05, 0.1) is 5.02 Å². The lowest BCUT2D eigenvalue weighted by atomic mass is 10.2. The summed E-state index contributed by atoms with van der Waals surface area (Å²) >= 11 is 22.7. The maximum Gasteiger partial charge on any atom is 0.276 e. The summed E-state index contributed by atoms with van der Waals surface area (Å²) < 4.78 is 10.9. The Balaban J connectivity index is 1.74. The summed E-state index contributed by atoms with van der Waals surface area (Å²) in [4.78, 5) is 24.1. The molecule has 0 aliphatic rings. The van der Waals surface area contributed by atoms with Gasteiger partial charge in [0.15, 0.2) is 17.8 Å². The van der Waals surface area contributed by atoms with Crippen LogP contribution in [0.25, 0.3) is 0 Å². The standard InChI is InChI=1S/C19H18Cl3N3O4S/c1-10-7-12(20)3-5-15(10)28-9-17(26)24-25-19(30)23-18(27)11(2)29-16-6-4-13(21)8-14(16)22/h3-8,11H,9H2,1-2H3,(H,24,26)(H2,23,25,27,30). The number of benzene rings is 2. The Kier molecular flexibility index (Phi) is 8.98. The highest BCUT2D eigenvalue weighted by molar-refractivity contribution is 7.80. The Bertz CT molecular complexity index is 959. The summed E-state index contributed by atoms with van der Waals surface area (Å²) in [7, 11) is 0. The van der Waals surface area contributed by atoms with Gasteiger partial charge in [-0.2, -0.15) is 0 Å². The molecule has 0 saturated carbocycles. The molecule has 11 heteroatoms. The van der Waals surface area contributed by atoms with E-state index in [2.05, 4.69) is 16.2 Å². The van der Waals surface area contributed by atoms with E-state index in [-0.39, 0.29) is 16.7 Å². The number of hydrogen-bond acceptors (Lipinski definition) is 5. The zero-order chi connectivity index (χ0) is 22.3. The highest BCUT2D eigenvalue weighted by Crippen LogP contribution is 2.28. The fraction of sp³-hybridized carbons (Fsp3) is 0.211. The van der Waals surface area contributed by atoms with E-state index in [1.807, 2.05) is 6.92 Å². The summed E-state index contributed by atoms with van der Waals surface area (Å²) in [5, 5.41) is 3.56. The zero-order valence-electron chi connectivity index (χ0n) is 15.9. The molecule has 1 atom stereocenters. The van der Waals surface area contributed by atoms with E-state index in [0.717, 1.165) is 5.56 Å². The van der Waals surface area contributed by atoms with E-state index >= 15 is 0 Å². The van der Waals surface area contributed by atoms with Crippen molar-refractivity contribution in [3.63, 3.8) is 0 Å². The first-order valence-electron chi connectivity index (χ1n) is 8.56. The van der Waals surface area contributed by atoms with Crippen LogP contribution >= 0.6 is 47.0 Å². The molecule has 0 radical (unpaired) electrons. The average molecular weight is 491 g/mol. The second-order valence-electron chi connectivity index (χ2n) is 6.02. The number of hydrazine groups is 1. The number of hydrogen-bond donors (Lipinski definition) is 3. The molecule has 2 aromatic rings. The van der Waals surface area contributed by atoms with Crippen molar-refractivity contribution in [2.75, 3.05) is 6.61 Å². The van der Waals surface area contributed by atoms with Gasteiger partial charge < -0.3 is 9.47 Å². The van der Waals surface area contributed by atoms with Gasteiger partial charge in [-0.25, -0.2) is 0 Å². The van der Waals surface area contributed by atoms with E-state index in [9.17, 15) is 9.59 Å². The minimum atomic E-state index is -0.907. The molecule has 0 saturated heterocycles. The molecule has 3 N–H and O–H groups in total. The molecule has 2 rings (SSSR count). The minimum Gasteiger partial charge on any atom is -0.483 e. The number of ether oxygens (including phenoxy) is 2. The van der Waals surface area contributed by atoms with Crippen molar-refractivity contribution in [2.45, 2.75) is 20.0 Å². The summed E-state index contributed by atoms with van der Waals surface area (Å²) in [5.74, 6) is -0.221. The van der Waals surface area contributed by atoms with Crippen LogP contribution in [0.1, 0.15) is 12.5 Å². The smallest absolute Gasteiger partial charge is 0.276 e. The number of rotatable bonds is 6. The first kappa shape index (κ1) is 24.0. The van der Waals surface area contributed by atoms with Gasteiger partial charge in [-0.1, -0.05) is 34.8 Å². The predicted molar refractivity (Wildman–Crippen MR) is 120 cm³/mol. The molecule has 7 nitrogen and oxygen atoms in total. The number of amides is 2. The van der Waals surface area contributed by atoms with Crippen LogP contribution < -0.4 is 25.6 Å². The van der Waals surface area contributed by atoms with Crippen molar-refractivity contribution >= 4 is 63.9 Å². The Morgan fingerprint density at radius 3 is 2.30 bits per heavy atom. The van der Waals surface area contributed by atoms with Crippen molar-refractivity contribution in [3.8, 4) is 11.5 Å². The Morgan fingerprint density at radius 1 is 1.03 bits per heavy atom. The van der Waals surface area contributed by atoms with Crippen molar-refractivity contribution < 1.29 is 19.1 Å². The summed E-state index contributed by atoms with van der Waals surface area (Å²) in [6.07, 6.45) is -0.907. The molecule has 0 fully saturated rings. The number of carbonyl (C=O) groups is 2. The Morgan fingerprint density at radius 2 is 1.67 bits per heavy atom. The number of carbonyl (C=O) groups excluding carboxylic acids is 2. The van der Waals surface area contributed by atoms with Crippen LogP contribution in [-0.2, 0) is 9.59 Å². The van der Waals surface area contributed by atoms with Crippen LogP contribution in [0.2, 0.25) is 15.1 Å². The molecule has 1 unspecified atom stereocenters.